The van der Waals surface area contributed by atoms with Crippen molar-refractivity contribution in [2.24, 2.45) is 0 Å². The van der Waals surface area contributed by atoms with E-state index in [1.54, 1.807) is 23.5 Å². The van der Waals surface area contributed by atoms with Gasteiger partial charge in [0.05, 0.1) is 32.5 Å². The number of benzene rings is 2. The van der Waals surface area contributed by atoms with Gasteiger partial charge in [-0.3, -0.25) is 9.59 Å². The summed E-state index contributed by atoms with van der Waals surface area (Å²) in [6.07, 6.45) is 0.842. The lowest BCUT2D eigenvalue weighted by molar-refractivity contribution is -0.124. The number of fused-ring (bicyclic) bond motifs is 1. The number of nitrogens with one attached hydrogen (secondary N) is 2. The molecule has 7 heteroatoms. The molecule has 0 radical (unpaired) electrons. The van der Waals surface area contributed by atoms with Gasteiger partial charge >= 0.3 is 0 Å². The Morgan fingerprint density at radius 1 is 1.15 bits per heavy atom. The lowest BCUT2D eigenvalue weighted by atomic mass is 10.2. The second kappa shape index (κ2) is 8.29. The Balaban J connectivity index is 1.45. The lowest BCUT2D eigenvalue weighted by Crippen LogP contribution is -2.33. The van der Waals surface area contributed by atoms with E-state index in [4.69, 9.17) is 11.6 Å². The van der Waals surface area contributed by atoms with Crippen molar-refractivity contribution in [3.63, 3.8) is 0 Å². The molecule has 2 N–H and O–H groups in total. The van der Waals surface area contributed by atoms with Gasteiger partial charge in [0.25, 0.3) is 0 Å². The van der Waals surface area contributed by atoms with Gasteiger partial charge in [0.1, 0.15) is 0 Å². The van der Waals surface area contributed by atoms with Gasteiger partial charge < -0.3 is 10.6 Å². The van der Waals surface area contributed by atoms with E-state index in [0.717, 1.165) is 20.8 Å². The Morgan fingerprint density at radius 2 is 1.96 bits per heavy atom. The van der Waals surface area contributed by atoms with Crippen molar-refractivity contribution in [3.8, 4) is 0 Å². The molecule has 0 unspecified atom stereocenters. The molecule has 1 heterocycles. The third-order valence-corrected chi connectivity index (χ3v) is 5.16. The van der Waals surface area contributed by atoms with E-state index in [1.807, 2.05) is 37.3 Å². The van der Waals surface area contributed by atoms with Crippen LogP contribution in [-0.2, 0) is 16.0 Å². The number of nitrogens with zero attached hydrogens (tertiary/aromatic N) is 1. The number of hydrogen-bond donors (Lipinski definition) is 2. The van der Waals surface area contributed by atoms with Gasteiger partial charge in [-0.2, -0.15) is 0 Å². The number of carbonyl (C=O) groups excluding carboxylic acids is 2. The molecule has 3 aromatic rings. The maximum absolute atomic E-state index is 12.0. The summed E-state index contributed by atoms with van der Waals surface area (Å²) in [5.41, 5.74) is 2.49. The van der Waals surface area contributed by atoms with Crippen molar-refractivity contribution in [3.05, 3.63) is 58.1 Å². The number of aromatic nitrogens is 1. The number of para-hydroxylation sites is 1. The van der Waals surface area contributed by atoms with Crippen LogP contribution >= 0.6 is 22.9 Å². The second-order valence-electron chi connectivity index (χ2n) is 5.88. The highest BCUT2D eigenvalue weighted by Crippen LogP contribution is 2.23. The first-order chi connectivity index (χ1) is 12.5. The molecule has 0 fully saturated rings. The van der Waals surface area contributed by atoms with Crippen LogP contribution in [0.2, 0.25) is 5.02 Å². The molecule has 0 saturated heterocycles. The van der Waals surface area contributed by atoms with Crippen molar-refractivity contribution >= 4 is 50.7 Å². The molecule has 0 saturated carbocycles. The quantitative estimate of drug-likeness (QED) is 0.672. The fourth-order valence-electron chi connectivity index (χ4n) is 2.43. The third kappa shape index (κ3) is 4.80. The van der Waals surface area contributed by atoms with E-state index in [0.29, 0.717) is 23.6 Å². The Bertz CT molecular complexity index is 922. The highest BCUT2D eigenvalue weighted by Gasteiger charge is 2.10. The molecular formula is C19H18ClN3O2S. The molecule has 2 aromatic carbocycles. The lowest BCUT2D eigenvalue weighted by Gasteiger charge is -2.08. The average molecular weight is 388 g/mol. The summed E-state index contributed by atoms with van der Waals surface area (Å²) in [7, 11) is 0. The maximum Gasteiger partial charge on any atom is 0.243 e. The van der Waals surface area contributed by atoms with Crippen LogP contribution in [0.25, 0.3) is 10.2 Å². The smallest absolute Gasteiger partial charge is 0.243 e. The molecule has 0 atom stereocenters. The van der Waals surface area contributed by atoms with Gasteiger partial charge in [-0.15, -0.1) is 11.3 Å². The summed E-state index contributed by atoms with van der Waals surface area (Å²) < 4.78 is 1.11. The van der Waals surface area contributed by atoms with E-state index in [1.165, 1.54) is 0 Å². The normalized spacial score (nSPS) is 10.7. The fraction of sp³-hybridized carbons (Fsp3) is 0.211. The van der Waals surface area contributed by atoms with Crippen LogP contribution in [0.5, 0.6) is 0 Å². The van der Waals surface area contributed by atoms with Gasteiger partial charge in [-0.1, -0.05) is 29.8 Å². The number of aryl methyl sites for hydroxylation is 2. The molecule has 0 aliphatic heterocycles. The summed E-state index contributed by atoms with van der Waals surface area (Å²) in [6, 6.07) is 13.2. The van der Waals surface area contributed by atoms with Crippen LogP contribution in [0.4, 0.5) is 5.69 Å². The van der Waals surface area contributed by atoms with Gasteiger partial charge in [0, 0.05) is 12.8 Å². The standard InChI is InChI=1S/C19H18ClN3O2S/c1-12-6-7-14(13(20)10-12)22-18(25)11-21-17(24)8-9-19-23-15-4-2-3-5-16(15)26-19/h2-7,10H,8-9,11H2,1H3,(H,21,24)(H,22,25). The monoisotopic (exact) mass is 387 g/mol. The molecule has 134 valence electrons. The first-order valence-corrected chi connectivity index (χ1v) is 9.38. The zero-order chi connectivity index (χ0) is 18.5. The van der Waals surface area contributed by atoms with Crippen LogP contribution in [0.1, 0.15) is 17.0 Å². The van der Waals surface area contributed by atoms with Gasteiger partial charge in [0.2, 0.25) is 11.8 Å². The average Bonchev–Trinajstić information content (AvgIpc) is 3.03. The molecule has 26 heavy (non-hydrogen) atoms. The number of rotatable bonds is 6. The van der Waals surface area contributed by atoms with E-state index in [2.05, 4.69) is 15.6 Å². The van der Waals surface area contributed by atoms with Crippen LogP contribution in [0, 0.1) is 6.92 Å². The highest BCUT2D eigenvalue weighted by molar-refractivity contribution is 7.18. The number of carbonyl (C=O) groups is 2. The van der Waals surface area contributed by atoms with Crippen molar-refractivity contribution in [2.75, 3.05) is 11.9 Å². The third-order valence-electron chi connectivity index (χ3n) is 3.75. The zero-order valence-corrected chi connectivity index (χ0v) is 15.8. The minimum absolute atomic E-state index is 0.0944. The first kappa shape index (κ1) is 18.4. The van der Waals surface area contributed by atoms with E-state index in [9.17, 15) is 9.59 Å². The molecule has 1 aromatic heterocycles. The van der Waals surface area contributed by atoms with E-state index >= 15 is 0 Å². The molecule has 0 spiro atoms. The Kier molecular flexibility index (Phi) is 5.85. The minimum Gasteiger partial charge on any atom is -0.347 e. The first-order valence-electron chi connectivity index (χ1n) is 8.18. The molecule has 2 amide bonds. The number of hydrogen-bond acceptors (Lipinski definition) is 4. The van der Waals surface area contributed by atoms with Crippen molar-refractivity contribution in [2.45, 2.75) is 19.8 Å². The summed E-state index contributed by atoms with van der Waals surface area (Å²) in [5, 5.41) is 6.70. The van der Waals surface area contributed by atoms with E-state index < -0.39 is 0 Å². The predicted octanol–water partition coefficient (Wildman–Crippen LogP) is 3.95. The summed E-state index contributed by atoms with van der Waals surface area (Å²) in [6.45, 7) is 1.83. The molecule has 5 nitrogen and oxygen atoms in total. The van der Waals surface area contributed by atoms with Crippen molar-refractivity contribution in [1.82, 2.24) is 10.3 Å². The Labute approximate surface area is 160 Å². The largest absolute Gasteiger partial charge is 0.347 e. The molecule has 0 bridgehead atoms. The van der Waals surface area contributed by atoms with Crippen LogP contribution in [0.3, 0.4) is 0 Å². The summed E-state index contributed by atoms with van der Waals surface area (Å²) in [4.78, 5) is 28.4. The fourth-order valence-corrected chi connectivity index (χ4v) is 3.68. The SMILES string of the molecule is Cc1ccc(NC(=O)CNC(=O)CCc2nc3ccccc3s2)c(Cl)c1. The molecule has 3 rings (SSSR count). The number of halogens is 1. The highest BCUT2D eigenvalue weighted by atomic mass is 35.5. The zero-order valence-electron chi connectivity index (χ0n) is 14.2. The van der Waals surface area contributed by atoms with Crippen molar-refractivity contribution in [1.29, 1.82) is 0 Å². The van der Waals surface area contributed by atoms with Crippen molar-refractivity contribution < 1.29 is 9.59 Å². The van der Waals surface area contributed by atoms with Gasteiger partial charge in [-0.05, 0) is 36.8 Å². The summed E-state index contributed by atoms with van der Waals surface area (Å²) >= 11 is 7.66. The van der Waals surface area contributed by atoms with Crippen LogP contribution in [0.15, 0.2) is 42.5 Å². The number of anilines is 1. The van der Waals surface area contributed by atoms with Crippen LogP contribution < -0.4 is 10.6 Å². The topological polar surface area (TPSA) is 71.1 Å². The molecule has 0 aliphatic carbocycles. The van der Waals surface area contributed by atoms with Gasteiger partial charge in [-0.25, -0.2) is 4.98 Å². The number of thiazole rings is 1. The van der Waals surface area contributed by atoms with Gasteiger partial charge in [0.15, 0.2) is 0 Å². The van der Waals surface area contributed by atoms with E-state index in [-0.39, 0.29) is 18.4 Å². The maximum atomic E-state index is 12.0. The minimum atomic E-state index is -0.316. The summed E-state index contributed by atoms with van der Waals surface area (Å²) in [5.74, 6) is -0.501. The molecular weight excluding hydrogens is 370 g/mol. The number of amides is 2. The predicted molar refractivity (Wildman–Crippen MR) is 106 cm³/mol. The second-order valence-corrected chi connectivity index (χ2v) is 7.41. The molecule has 0 aliphatic rings. The Morgan fingerprint density at radius 3 is 2.73 bits per heavy atom. The Hall–Kier alpha value is -2.44. The van der Waals surface area contributed by atoms with Crippen LogP contribution in [-0.4, -0.2) is 23.3 Å².